The molecule has 2 rings (SSSR count). The van der Waals surface area contributed by atoms with E-state index in [0.29, 0.717) is 25.2 Å². The highest BCUT2D eigenvalue weighted by Gasteiger charge is 2.26. The average Bonchev–Trinajstić information content (AvgIpc) is 2.38. The third-order valence-electron chi connectivity index (χ3n) is 3.06. The molecule has 0 aromatic carbocycles. The first-order valence-corrected chi connectivity index (χ1v) is 6.52. The van der Waals surface area contributed by atoms with Gasteiger partial charge in [-0.15, -0.1) is 0 Å². The Morgan fingerprint density at radius 1 is 1.61 bits per heavy atom. The highest BCUT2D eigenvalue weighted by molar-refractivity contribution is 9.10. The third-order valence-corrected chi connectivity index (χ3v) is 3.53. The van der Waals surface area contributed by atoms with Crippen LogP contribution in [0.1, 0.15) is 23.8 Å². The minimum absolute atomic E-state index is 0.0775. The number of pyridine rings is 1. The van der Waals surface area contributed by atoms with E-state index in [4.69, 9.17) is 5.21 Å². The quantitative estimate of drug-likeness (QED) is 0.638. The third kappa shape index (κ3) is 2.69. The standard InChI is InChI=1S/C12H14BrN3O2/c1-8-7-16(5-4-10(8)15-18)12(17)11-3-2-9(13)6-14-11/h2-3,6,8,18H,4-5,7H2,1H3/b15-10+. The molecular weight excluding hydrogens is 298 g/mol. The Hall–Kier alpha value is -1.43. The summed E-state index contributed by atoms with van der Waals surface area (Å²) in [5, 5.41) is 12.1. The van der Waals surface area contributed by atoms with Crippen molar-refractivity contribution in [2.24, 2.45) is 11.1 Å². The number of nitrogens with zero attached hydrogens (tertiary/aromatic N) is 3. The van der Waals surface area contributed by atoms with Gasteiger partial charge >= 0.3 is 0 Å². The van der Waals surface area contributed by atoms with Gasteiger partial charge in [0, 0.05) is 36.1 Å². The Labute approximate surface area is 114 Å². The second-order valence-electron chi connectivity index (χ2n) is 4.36. The van der Waals surface area contributed by atoms with E-state index in [1.165, 1.54) is 0 Å². The number of hydrogen-bond donors (Lipinski definition) is 1. The summed E-state index contributed by atoms with van der Waals surface area (Å²) < 4.78 is 0.848. The van der Waals surface area contributed by atoms with Gasteiger partial charge in [-0.3, -0.25) is 4.79 Å². The topological polar surface area (TPSA) is 65.8 Å². The average molecular weight is 312 g/mol. The van der Waals surface area contributed by atoms with Crippen molar-refractivity contribution in [3.63, 3.8) is 0 Å². The highest BCUT2D eigenvalue weighted by atomic mass is 79.9. The zero-order valence-corrected chi connectivity index (χ0v) is 11.6. The fourth-order valence-electron chi connectivity index (χ4n) is 2.02. The Bertz CT molecular complexity index is 473. The van der Waals surface area contributed by atoms with Gasteiger partial charge in [-0.25, -0.2) is 4.98 Å². The van der Waals surface area contributed by atoms with Crippen molar-refractivity contribution < 1.29 is 10.0 Å². The minimum atomic E-state index is -0.0775. The van der Waals surface area contributed by atoms with E-state index in [1.54, 1.807) is 23.2 Å². The second kappa shape index (κ2) is 5.48. The van der Waals surface area contributed by atoms with Gasteiger partial charge in [-0.1, -0.05) is 12.1 Å². The monoisotopic (exact) mass is 311 g/mol. The summed E-state index contributed by atoms with van der Waals surface area (Å²) in [4.78, 5) is 18.0. The molecule has 1 aromatic heterocycles. The van der Waals surface area contributed by atoms with Gasteiger partial charge in [-0.05, 0) is 28.1 Å². The van der Waals surface area contributed by atoms with E-state index in [0.717, 1.165) is 10.2 Å². The summed E-state index contributed by atoms with van der Waals surface area (Å²) in [6, 6.07) is 3.50. The molecule has 0 bridgehead atoms. The molecule has 0 spiro atoms. The molecule has 1 fully saturated rings. The summed E-state index contributed by atoms with van der Waals surface area (Å²) in [5.74, 6) is 0.00879. The lowest BCUT2D eigenvalue weighted by atomic mass is 9.97. The number of oxime groups is 1. The van der Waals surface area contributed by atoms with Gasteiger partial charge in [0.1, 0.15) is 5.69 Å². The predicted molar refractivity (Wildman–Crippen MR) is 70.8 cm³/mol. The van der Waals surface area contributed by atoms with Gasteiger partial charge < -0.3 is 10.1 Å². The van der Waals surface area contributed by atoms with Crippen LogP contribution in [0.4, 0.5) is 0 Å². The largest absolute Gasteiger partial charge is 0.411 e. The van der Waals surface area contributed by atoms with Gasteiger partial charge in [0.25, 0.3) is 5.91 Å². The molecule has 96 valence electrons. The predicted octanol–water partition coefficient (Wildman–Crippen LogP) is 2.16. The maximum Gasteiger partial charge on any atom is 0.272 e. The Morgan fingerprint density at radius 2 is 2.39 bits per heavy atom. The van der Waals surface area contributed by atoms with Crippen LogP contribution < -0.4 is 0 Å². The molecule has 1 N–H and O–H groups in total. The van der Waals surface area contributed by atoms with Crippen molar-refractivity contribution in [2.75, 3.05) is 13.1 Å². The number of halogens is 1. The second-order valence-corrected chi connectivity index (χ2v) is 5.27. The minimum Gasteiger partial charge on any atom is -0.411 e. The van der Waals surface area contributed by atoms with Crippen LogP contribution in [0.2, 0.25) is 0 Å². The smallest absolute Gasteiger partial charge is 0.272 e. The number of carbonyl (C=O) groups excluding carboxylic acids is 1. The molecule has 5 nitrogen and oxygen atoms in total. The summed E-state index contributed by atoms with van der Waals surface area (Å²) in [7, 11) is 0. The number of piperidine rings is 1. The number of hydrogen-bond acceptors (Lipinski definition) is 4. The molecular formula is C12H14BrN3O2. The van der Waals surface area contributed by atoms with Crippen LogP contribution in [0.15, 0.2) is 28.0 Å². The van der Waals surface area contributed by atoms with Gasteiger partial charge in [-0.2, -0.15) is 0 Å². The Morgan fingerprint density at radius 3 is 2.94 bits per heavy atom. The van der Waals surface area contributed by atoms with Gasteiger partial charge in [0.05, 0.1) is 5.71 Å². The van der Waals surface area contributed by atoms with E-state index >= 15 is 0 Å². The zero-order chi connectivity index (χ0) is 13.1. The lowest BCUT2D eigenvalue weighted by molar-refractivity contribution is 0.0728. The fraction of sp³-hybridized carbons (Fsp3) is 0.417. The van der Waals surface area contributed by atoms with Crippen molar-refractivity contribution in [2.45, 2.75) is 13.3 Å². The Balaban J connectivity index is 2.09. The van der Waals surface area contributed by atoms with Crippen LogP contribution in [-0.4, -0.2) is 39.8 Å². The molecule has 0 radical (unpaired) electrons. The molecule has 18 heavy (non-hydrogen) atoms. The molecule has 1 atom stereocenters. The molecule has 1 aliphatic rings. The molecule has 6 heteroatoms. The van der Waals surface area contributed by atoms with E-state index < -0.39 is 0 Å². The van der Waals surface area contributed by atoms with Crippen molar-refractivity contribution in [3.8, 4) is 0 Å². The van der Waals surface area contributed by atoms with Crippen LogP contribution in [-0.2, 0) is 0 Å². The number of likely N-dealkylation sites (tertiary alicyclic amines) is 1. The van der Waals surface area contributed by atoms with Crippen LogP contribution in [0.25, 0.3) is 0 Å². The first-order valence-electron chi connectivity index (χ1n) is 5.73. The van der Waals surface area contributed by atoms with Crippen molar-refractivity contribution >= 4 is 27.5 Å². The maximum atomic E-state index is 12.2. The molecule has 1 aliphatic heterocycles. The molecule has 0 aliphatic carbocycles. The number of carbonyl (C=O) groups is 1. The van der Waals surface area contributed by atoms with Crippen molar-refractivity contribution in [1.29, 1.82) is 0 Å². The molecule has 2 heterocycles. The van der Waals surface area contributed by atoms with Crippen LogP contribution >= 0.6 is 15.9 Å². The van der Waals surface area contributed by atoms with Crippen LogP contribution in [0, 0.1) is 5.92 Å². The molecule has 1 unspecified atom stereocenters. The molecule has 1 amide bonds. The lowest BCUT2D eigenvalue weighted by Gasteiger charge is -2.31. The number of aromatic nitrogens is 1. The zero-order valence-electron chi connectivity index (χ0n) is 10.0. The van der Waals surface area contributed by atoms with Crippen LogP contribution in [0.5, 0.6) is 0 Å². The summed E-state index contributed by atoms with van der Waals surface area (Å²) >= 11 is 3.29. The van der Waals surface area contributed by atoms with E-state index in [9.17, 15) is 4.79 Å². The summed E-state index contributed by atoms with van der Waals surface area (Å²) in [6.07, 6.45) is 2.22. The molecule has 1 saturated heterocycles. The van der Waals surface area contributed by atoms with E-state index in [1.807, 2.05) is 6.92 Å². The first-order chi connectivity index (χ1) is 8.61. The fourth-order valence-corrected chi connectivity index (χ4v) is 2.26. The highest BCUT2D eigenvalue weighted by Crippen LogP contribution is 2.16. The van der Waals surface area contributed by atoms with E-state index in [2.05, 4.69) is 26.1 Å². The number of amides is 1. The number of rotatable bonds is 1. The van der Waals surface area contributed by atoms with E-state index in [-0.39, 0.29) is 11.8 Å². The molecule has 0 saturated carbocycles. The normalized spacial score (nSPS) is 22.2. The van der Waals surface area contributed by atoms with Gasteiger partial charge in [0.15, 0.2) is 0 Å². The SMILES string of the molecule is CC1CN(C(=O)c2ccc(Br)cn2)CC/C1=N\O. The van der Waals surface area contributed by atoms with Crippen LogP contribution in [0.3, 0.4) is 0 Å². The first kappa shape index (κ1) is 13.0. The maximum absolute atomic E-state index is 12.2. The summed E-state index contributed by atoms with van der Waals surface area (Å²) in [6.45, 7) is 3.08. The van der Waals surface area contributed by atoms with Gasteiger partial charge in [0.2, 0.25) is 0 Å². The lowest BCUT2D eigenvalue weighted by Crippen LogP contribution is -2.43. The van der Waals surface area contributed by atoms with Crippen molar-refractivity contribution in [1.82, 2.24) is 9.88 Å². The molecule has 1 aromatic rings. The van der Waals surface area contributed by atoms with Crippen molar-refractivity contribution in [3.05, 3.63) is 28.5 Å². The Kier molecular flexibility index (Phi) is 3.96. The summed E-state index contributed by atoms with van der Waals surface area (Å²) in [5.41, 5.74) is 1.19.